The highest BCUT2D eigenvalue weighted by Gasteiger charge is 2.50. The van der Waals surface area contributed by atoms with Crippen molar-refractivity contribution in [1.29, 1.82) is 0 Å². The first-order chi connectivity index (χ1) is 7.24. The average molecular weight is 214 g/mol. The molecule has 0 aromatic rings. The van der Waals surface area contributed by atoms with Crippen molar-refractivity contribution in [1.82, 2.24) is 0 Å². The molecule has 3 aliphatic heterocycles. The van der Waals surface area contributed by atoms with Gasteiger partial charge in [-0.2, -0.15) is 0 Å². The van der Waals surface area contributed by atoms with Gasteiger partial charge in [-0.3, -0.25) is 4.79 Å². The molecule has 5 atom stereocenters. The van der Waals surface area contributed by atoms with Crippen molar-refractivity contribution in [2.45, 2.75) is 37.3 Å². The molecule has 0 aliphatic carbocycles. The highest BCUT2D eigenvalue weighted by atomic mass is 16.6. The van der Waals surface area contributed by atoms with E-state index in [-0.39, 0.29) is 30.2 Å². The molecule has 0 spiro atoms. The Labute approximate surface area is 87.3 Å². The molecule has 3 rings (SSSR count). The summed E-state index contributed by atoms with van der Waals surface area (Å²) in [6, 6.07) is 0. The van der Waals surface area contributed by atoms with E-state index in [0.717, 1.165) is 0 Å². The quantitative estimate of drug-likeness (QED) is 0.505. The summed E-state index contributed by atoms with van der Waals surface area (Å²) in [4.78, 5) is 11.6. The third kappa shape index (κ3) is 1.75. The predicted molar refractivity (Wildman–Crippen MR) is 48.1 cm³/mol. The zero-order valence-corrected chi connectivity index (χ0v) is 8.30. The topological polar surface area (TPSA) is 68.3 Å². The standard InChI is InChI=1S/C10H14O5/c11-7-2-8-6(1-9(7)15-8)10(12)14-4-5-3-13-5/h5-9,11H,1-4H2. The summed E-state index contributed by atoms with van der Waals surface area (Å²) in [7, 11) is 0. The Morgan fingerprint density at radius 3 is 2.73 bits per heavy atom. The van der Waals surface area contributed by atoms with Crippen molar-refractivity contribution in [3.63, 3.8) is 0 Å². The first kappa shape index (κ1) is 9.57. The molecule has 0 radical (unpaired) electrons. The van der Waals surface area contributed by atoms with Crippen LogP contribution in [0.1, 0.15) is 12.8 Å². The van der Waals surface area contributed by atoms with Gasteiger partial charge in [0.1, 0.15) is 12.7 Å². The van der Waals surface area contributed by atoms with E-state index in [1.807, 2.05) is 0 Å². The minimum Gasteiger partial charge on any atom is -0.463 e. The first-order valence-electron chi connectivity index (χ1n) is 5.36. The van der Waals surface area contributed by atoms with E-state index in [9.17, 15) is 9.90 Å². The number of aliphatic hydroxyl groups is 1. The summed E-state index contributed by atoms with van der Waals surface area (Å²) < 4.78 is 15.5. The Morgan fingerprint density at radius 2 is 2.20 bits per heavy atom. The number of epoxide rings is 1. The molecule has 2 bridgehead atoms. The lowest BCUT2D eigenvalue weighted by molar-refractivity contribution is -0.150. The molecular formula is C10H14O5. The molecular weight excluding hydrogens is 200 g/mol. The normalized spacial score (nSPS) is 46.9. The van der Waals surface area contributed by atoms with Crippen molar-refractivity contribution in [2.75, 3.05) is 13.2 Å². The Hall–Kier alpha value is -0.650. The molecule has 3 aliphatic rings. The zero-order chi connectivity index (χ0) is 10.4. The maximum absolute atomic E-state index is 11.6. The fourth-order valence-corrected chi connectivity index (χ4v) is 2.33. The van der Waals surface area contributed by atoms with Gasteiger partial charge in [0.05, 0.1) is 30.8 Å². The monoisotopic (exact) mass is 214 g/mol. The van der Waals surface area contributed by atoms with Crippen LogP contribution in [0.2, 0.25) is 0 Å². The van der Waals surface area contributed by atoms with Gasteiger partial charge >= 0.3 is 5.97 Å². The maximum atomic E-state index is 11.6. The molecule has 0 aromatic heterocycles. The van der Waals surface area contributed by atoms with Crippen LogP contribution in [-0.4, -0.2) is 48.7 Å². The highest BCUT2D eigenvalue weighted by Crippen LogP contribution is 2.39. The van der Waals surface area contributed by atoms with Crippen molar-refractivity contribution in [3.05, 3.63) is 0 Å². The van der Waals surface area contributed by atoms with Gasteiger partial charge in [0.15, 0.2) is 0 Å². The third-order valence-electron chi connectivity index (χ3n) is 3.30. The molecule has 5 unspecified atom stereocenters. The van der Waals surface area contributed by atoms with E-state index in [0.29, 0.717) is 26.1 Å². The zero-order valence-electron chi connectivity index (χ0n) is 8.30. The molecule has 3 fully saturated rings. The number of carbonyl (C=O) groups excluding carboxylic acids is 1. The minimum atomic E-state index is -0.397. The molecule has 84 valence electrons. The lowest BCUT2D eigenvalue weighted by Gasteiger charge is -2.19. The van der Waals surface area contributed by atoms with E-state index < -0.39 is 6.10 Å². The lowest BCUT2D eigenvalue weighted by Crippen LogP contribution is -2.33. The molecule has 0 aromatic carbocycles. The number of ether oxygens (including phenoxy) is 3. The van der Waals surface area contributed by atoms with Gasteiger partial charge in [-0.1, -0.05) is 0 Å². The van der Waals surface area contributed by atoms with Gasteiger partial charge in [-0.05, 0) is 6.42 Å². The van der Waals surface area contributed by atoms with Gasteiger partial charge in [0, 0.05) is 6.42 Å². The van der Waals surface area contributed by atoms with Crippen LogP contribution in [0.15, 0.2) is 0 Å². The van der Waals surface area contributed by atoms with Gasteiger partial charge in [0.2, 0.25) is 0 Å². The Morgan fingerprint density at radius 1 is 1.40 bits per heavy atom. The Bertz CT molecular complexity index is 273. The molecule has 15 heavy (non-hydrogen) atoms. The fraction of sp³-hybridized carbons (Fsp3) is 0.900. The summed E-state index contributed by atoms with van der Waals surface area (Å²) in [6.45, 7) is 1.05. The summed E-state index contributed by atoms with van der Waals surface area (Å²) in [5.74, 6) is -0.387. The van der Waals surface area contributed by atoms with Gasteiger partial charge in [-0.15, -0.1) is 0 Å². The summed E-state index contributed by atoms with van der Waals surface area (Å²) in [6.07, 6.45) is 0.563. The Kier molecular flexibility index (Phi) is 2.19. The number of fused-ring (bicyclic) bond motifs is 2. The molecule has 0 amide bonds. The van der Waals surface area contributed by atoms with E-state index in [4.69, 9.17) is 14.2 Å². The maximum Gasteiger partial charge on any atom is 0.311 e. The number of aliphatic hydroxyl groups excluding tert-OH is 1. The number of hydrogen-bond acceptors (Lipinski definition) is 5. The van der Waals surface area contributed by atoms with Gasteiger partial charge in [0.25, 0.3) is 0 Å². The van der Waals surface area contributed by atoms with Crippen molar-refractivity contribution in [2.24, 2.45) is 5.92 Å². The van der Waals surface area contributed by atoms with E-state index in [2.05, 4.69) is 0 Å². The Balaban J connectivity index is 1.52. The van der Waals surface area contributed by atoms with Crippen LogP contribution >= 0.6 is 0 Å². The minimum absolute atomic E-state index is 0.110. The predicted octanol–water partition coefficient (Wildman–Crippen LogP) is -0.533. The van der Waals surface area contributed by atoms with Crippen LogP contribution in [0.4, 0.5) is 0 Å². The molecule has 0 saturated carbocycles. The van der Waals surface area contributed by atoms with E-state index >= 15 is 0 Å². The van der Waals surface area contributed by atoms with Crippen LogP contribution in [0.3, 0.4) is 0 Å². The van der Waals surface area contributed by atoms with Gasteiger partial charge in [-0.25, -0.2) is 0 Å². The summed E-state index contributed by atoms with van der Waals surface area (Å²) in [5, 5.41) is 9.45. The molecule has 3 heterocycles. The van der Waals surface area contributed by atoms with E-state index in [1.165, 1.54) is 0 Å². The largest absolute Gasteiger partial charge is 0.463 e. The van der Waals surface area contributed by atoms with Crippen molar-refractivity contribution < 1.29 is 24.1 Å². The number of rotatable bonds is 3. The summed E-state index contributed by atoms with van der Waals surface area (Å²) >= 11 is 0. The van der Waals surface area contributed by atoms with E-state index in [1.54, 1.807) is 0 Å². The lowest BCUT2D eigenvalue weighted by atomic mass is 9.87. The third-order valence-corrected chi connectivity index (χ3v) is 3.30. The second-order valence-electron chi connectivity index (χ2n) is 4.44. The molecule has 1 N–H and O–H groups in total. The summed E-state index contributed by atoms with van der Waals surface area (Å²) in [5.41, 5.74) is 0. The van der Waals surface area contributed by atoms with Crippen molar-refractivity contribution >= 4 is 5.97 Å². The van der Waals surface area contributed by atoms with Crippen molar-refractivity contribution in [3.8, 4) is 0 Å². The SMILES string of the molecule is O=C(OCC1CO1)C1CC2OC1CC2O. The molecule has 5 nitrogen and oxygen atoms in total. The number of carbonyl (C=O) groups is 1. The number of esters is 1. The van der Waals surface area contributed by atoms with Gasteiger partial charge < -0.3 is 19.3 Å². The van der Waals surface area contributed by atoms with Crippen LogP contribution in [-0.2, 0) is 19.0 Å². The second-order valence-corrected chi connectivity index (χ2v) is 4.44. The van der Waals surface area contributed by atoms with Crippen LogP contribution in [0.25, 0.3) is 0 Å². The second kappa shape index (κ2) is 3.43. The smallest absolute Gasteiger partial charge is 0.311 e. The van der Waals surface area contributed by atoms with Crippen LogP contribution in [0.5, 0.6) is 0 Å². The average Bonchev–Trinajstić information content (AvgIpc) is 2.86. The fourth-order valence-electron chi connectivity index (χ4n) is 2.33. The highest BCUT2D eigenvalue weighted by molar-refractivity contribution is 5.73. The van der Waals surface area contributed by atoms with Crippen LogP contribution < -0.4 is 0 Å². The number of hydrogen-bond donors (Lipinski definition) is 1. The molecule has 3 saturated heterocycles. The van der Waals surface area contributed by atoms with Crippen LogP contribution in [0, 0.1) is 5.92 Å². The molecule has 5 heteroatoms. The first-order valence-corrected chi connectivity index (χ1v) is 5.36.